The number of carbonyl (C=O) groups excluding carboxylic acids is 2. The van der Waals surface area contributed by atoms with E-state index in [1.807, 2.05) is 32.0 Å². The summed E-state index contributed by atoms with van der Waals surface area (Å²) in [6.07, 6.45) is 0.245. The number of benzene rings is 2. The number of urea groups is 1. The van der Waals surface area contributed by atoms with E-state index < -0.39 is 0 Å². The first kappa shape index (κ1) is 19.5. The van der Waals surface area contributed by atoms with Crippen molar-refractivity contribution in [1.29, 1.82) is 0 Å². The Hall–Kier alpha value is -3.22. The van der Waals surface area contributed by atoms with Gasteiger partial charge in [-0.25, -0.2) is 4.79 Å². The molecule has 0 unspecified atom stereocenters. The molecule has 0 aliphatic carbocycles. The number of ether oxygens (including phenoxy) is 2. The Morgan fingerprint density at radius 1 is 1.07 bits per heavy atom. The van der Waals surface area contributed by atoms with Gasteiger partial charge in [0.2, 0.25) is 5.91 Å². The van der Waals surface area contributed by atoms with Crippen molar-refractivity contribution < 1.29 is 19.1 Å². The lowest BCUT2D eigenvalue weighted by Crippen LogP contribution is -2.40. The number of para-hydroxylation sites is 1. The van der Waals surface area contributed by atoms with Crippen LogP contribution in [0.4, 0.5) is 16.2 Å². The highest BCUT2D eigenvalue weighted by atomic mass is 16.5. The number of amides is 3. The lowest BCUT2D eigenvalue weighted by molar-refractivity contribution is -0.117. The van der Waals surface area contributed by atoms with Gasteiger partial charge >= 0.3 is 6.03 Å². The van der Waals surface area contributed by atoms with Gasteiger partial charge in [-0.05, 0) is 37.1 Å². The molecule has 2 N–H and O–H groups in total. The zero-order chi connectivity index (χ0) is 20.3. The zero-order valence-electron chi connectivity index (χ0n) is 16.5. The summed E-state index contributed by atoms with van der Waals surface area (Å²) in [5, 5.41) is 5.79. The summed E-state index contributed by atoms with van der Waals surface area (Å²) in [5.41, 5.74) is 3.48. The van der Waals surface area contributed by atoms with Gasteiger partial charge in [-0.2, -0.15) is 0 Å². The van der Waals surface area contributed by atoms with Crippen LogP contribution in [0.3, 0.4) is 0 Å². The summed E-state index contributed by atoms with van der Waals surface area (Å²) < 4.78 is 10.5. The van der Waals surface area contributed by atoms with Crippen molar-refractivity contribution in [3.8, 4) is 11.5 Å². The van der Waals surface area contributed by atoms with Crippen LogP contribution in [-0.2, 0) is 4.79 Å². The van der Waals surface area contributed by atoms with Crippen molar-refractivity contribution in [2.24, 2.45) is 0 Å². The summed E-state index contributed by atoms with van der Waals surface area (Å²) in [7, 11) is 3.11. The van der Waals surface area contributed by atoms with E-state index in [-0.39, 0.29) is 24.4 Å². The fourth-order valence-electron chi connectivity index (χ4n) is 3.39. The minimum absolute atomic E-state index is 0.0513. The van der Waals surface area contributed by atoms with Gasteiger partial charge in [0, 0.05) is 30.4 Å². The molecule has 0 radical (unpaired) electrons. The number of aryl methyl sites for hydroxylation is 2. The molecule has 0 spiro atoms. The van der Waals surface area contributed by atoms with E-state index >= 15 is 0 Å². The van der Waals surface area contributed by atoms with Gasteiger partial charge in [-0.15, -0.1) is 0 Å². The zero-order valence-corrected chi connectivity index (χ0v) is 16.5. The molecular formula is C21H25N3O4. The van der Waals surface area contributed by atoms with E-state index in [4.69, 9.17) is 9.47 Å². The second-order valence-electron chi connectivity index (χ2n) is 6.81. The number of hydrogen-bond acceptors (Lipinski definition) is 4. The van der Waals surface area contributed by atoms with Gasteiger partial charge in [0.25, 0.3) is 0 Å². The number of hydrogen-bond donors (Lipinski definition) is 2. The molecule has 2 aromatic carbocycles. The van der Waals surface area contributed by atoms with E-state index in [9.17, 15) is 9.59 Å². The third-order valence-corrected chi connectivity index (χ3v) is 4.86. The van der Waals surface area contributed by atoms with E-state index in [1.165, 1.54) is 0 Å². The Bertz CT molecular complexity index is 877. The smallest absolute Gasteiger partial charge is 0.319 e. The van der Waals surface area contributed by atoms with Gasteiger partial charge in [-0.3, -0.25) is 4.79 Å². The van der Waals surface area contributed by atoms with Gasteiger partial charge in [0.1, 0.15) is 0 Å². The van der Waals surface area contributed by atoms with Crippen molar-refractivity contribution in [1.82, 2.24) is 5.32 Å². The number of carbonyl (C=O) groups is 2. The molecule has 7 heteroatoms. The Morgan fingerprint density at radius 2 is 1.75 bits per heavy atom. The molecule has 28 heavy (non-hydrogen) atoms. The molecule has 1 heterocycles. The standard InChI is InChI=1S/C21H25N3O4/c1-13-6-5-7-14(2)20(13)23-21(26)22-15-10-19(25)24(12-15)16-8-9-17(27-3)18(11-16)28-4/h5-9,11,15H,10,12H2,1-4H3,(H2,22,23,26)/t15-/m1/s1. The molecule has 3 rings (SSSR count). The van der Waals surface area contributed by atoms with Crippen LogP contribution in [0.25, 0.3) is 0 Å². The van der Waals surface area contributed by atoms with Crippen molar-refractivity contribution in [3.63, 3.8) is 0 Å². The quantitative estimate of drug-likeness (QED) is 0.831. The molecule has 1 aliphatic rings. The van der Waals surface area contributed by atoms with Crippen molar-refractivity contribution in [2.45, 2.75) is 26.3 Å². The SMILES string of the molecule is COc1ccc(N2C[C@H](NC(=O)Nc3c(C)cccc3C)CC2=O)cc1OC. The summed E-state index contributed by atoms with van der Waals surface area (Å²) in [5.74, 6) is 1.10. The minimum Gasteiger partial charge on any atom is -0.493 e. The molecule has 0 bridgehead atoms. The molecule has 1 aliphatic heterocycles. The van der Waals surface area contributed by atoms with Crippen LogP contribution in [0.15, 0.2) is 36.4 Å². The maximum Gasteiger partial charge on any atom is 0.319 e. The first-order valence-corrected chi connectivity index (χ1v) is 9.09. The van der Waals surface area contributed by atoms with Gasteiger partial charge in [-0.1, -0.05) is 18.2 Å². The molecule has 3 amide bonds. The van der Waals surface area contributed by atoms with E-state index in [0.29, 0.717) is 23.7 Å². The Morgan fingerprint density at radius 3 is 2.39 bits per heavy atom. The summed E-state index contributed by atoms with van der Waals surface area (Å²) in [4.78, 5) is 26.5. The molecule has 1 saturated heterocycles. The maximum absolute atomic E-state index is 12.5. The van der Waals surface area contributed by atoms with Gasteiger partial charge < -0.3 is 25.0 Å². The monoisotopic (exact) mass is 383 g/mol. The third kappa shape index (κ3) is 4.03. The largest absolute Gasteiger partial charge is 0.493 e. The normalized spacial score (nSPS) is 16.1. The summed E-state index contributed by atoms with van der Waals surface area (Å²) in [6, 6.07) is 10.6. The van der Waals surface area contributed by atoms with Gasteiger partial charge in [0.15, 0.2) is 11.5 Å². The second-order valence-corrected chi connectivity index (χ2v) is 6.81. The fraction of sp³-hybridized carbons (Fsp3) is 0.333. The van der Waals surface area contributed by atoms with Crippen molar-refractivity contribution >= 4 is 23.3 Å². The van der Waals surface area contributed by atoms with Crippen LogP contribution in [0, 0.1) is 13.8 Å². The predicted molar refractivity (Wildman–Crippen MR) is 108 cm³/mol. The summed E-state index contributed by atoms with van der Waals surface area (Å²) in [6.45, 7) is 4.29. The van der Waals surface area contributed by atoms with Crippen LogP contribution in [-0.4, -0.2) is 38.7 Å². The fourth-order valence-corrected chi connectivity index (χ4v) is 3.39. The molecule has 148 valence electrons. The molecular weight excluding hydrogens is 358 g/mol. The van der Waals surface area contributed by atoms with E-state index in [2.05, 4.69) is 10.6 Å². The Labute approximate surface area is 164 Å². The number of nitrogens with zero attached hydrogens (tertiary/aromatic N) is 1. The molecule has 2 aromatic rings. The molecule has 1 fully saturated rings. The molecule has 1 atom stereocenters. The van der Waals surface area contributed by atoms with Crippen molar-refractivity contribution in [3.05, 3.63) is 47.5 Å². The minimum atomic E-state index is -0.315. The van der Waals surface area contributed by atoms with Gasteiger partial charge in [0.05, 0.1) is 20.3 Å². The highest BCUT2D eigenvalue weighted by Gasteiger charge is 2.32. The molecule has 0 aromatic heterocycles. The van der Waals surface area contributed by atoms with Crippen LogP contribution in [0.5, 0.6) is 11.5 Å². The Kier molecular flexibility index (Phi) is 5.73. The van der Waals surface area contributed by atoms with Crippen LogP contribution in [0.1, 0.15) is 17.5 Å². The Balaban J connectivity index is 1.67. The lowest BCUT2D eigenvalue weighted by Gasteiger charge is -2.19. The van der Waals surface area contributed by atoms with Crippen LogP contribution >= 0.6 is 0 Å². The van der Waals surface area contributed by atoms with Crippen molar-refractivity contribution in [2.75, 3.05) is 31.0 Å². The number of anilines is 2. The first-order chi connectivity index (χ1) is 13.4. The second kappa shape index (κ2) is 8.21. The highest BCUT2D eigenvalue weighted by molar-refractivity contribution is 5.98. The van der Waals surface area contributed by atoms with Crippen LogP contribution < -0.4 is 25.0 Å². The molecule has 0 saturated carbocycles. The average Bonchev–Trinajstić information content (AvgIpc) is 3.04. The maximum atomic E-state index is 12.5. The third-order valence-electron chi connectivity index (χ3n) is 4.86. The number of methoxy groups -OCH3 is 2. The number of rotatable bonds is 5. The van der Waals surface area contributed by atoms with E-state index in [1.54, 1.807) is 37.3 Å². The highest BCUT2D eigenvalue weighted by Crippen LogP contribution is 2.33. The first-order valence-electron chi connectivity index (χ1n) is 9.09. The van der Waals surface area contributed by atoms with Crippen LogP contribution in [0.2, 0.25) is 0 Å². The lowest BCUT2D eigenvalue weighted by atomic mass is 10.1. The molecule has 7 nitrogen and oxygen atoms in total. The summed E-state index contributed by atoms with van der Waals surface area (Å²) >= 11 is 0. The number of nitrogens with one attached hydrogen (secondary N) is 2. The topological polar surface area (TPSA) is 79.9 Å². The average molecular weight is 383 g/mol. The predicted octanol–water partition coefficient (Wildman–Crippen LogP) is 3.25. The van der Waals surface area contributed by atoms with E-state index in [0.717, 1.165) is 16.8 Å².